The molecule has 0 saturated carbocycles. The maximum Gasteiger partial charge on any atom is 0.246 e. The van der Waals surface area contributed by atoms with Crippen LogP contribution in [0.5, 0.6) is 0 Å². The Morgan fingerprint density at radius 3 is 2.27 bits per heavy atom. The number of hydrogen-bond acceptors (Lipinski definition) is 4. The molecule has 3 N–H and O–H groups in total. The van der Waals surface area contributed by atoms with E-state index in [-0.39, 0.29) is 23.8 Å². The topological polar surface area (TPSA) is 90.5 Å². The second-order valence-electron chi connectivity index (χ2n) is 9.15. The van der Waals surface area contributed by atoms with Crippen molar-refractivity contribution in [2.45, 2.75) is 71.6 Å². The molecule has 0 aliphatic carbocycles. The highest BCUT2D eigenvalue weighted by atomic mass is 16.2. The molecule has 3 amide bonds. The number of hydrogen-bond donors (Lipinski definition) is 3. The first kappa shape index (κ1) is 23.9. The third-order valence-corrected chi connectivity index (χ3v) is 5.72. The van der Waals surface area contributed by atoms with Crippen molar-refractivity contribution in [3.05, 3.63) is 35.9 Å². The number of likely N-dealkylation sites (N-methyl/N-ethyl adjacent to an activating group) is 1. The second kappa shape index (κ2) is 10.1. The fraction of sp³-hybridized carbons (Fsp3) is 0.609. The van der Waals surface area contributed by atoms with E-state index < -0.39 is 23.5 Å². The van der Waals surface area contributed by atoms with E-state index in [1.54, 1.807) is 18.9 Å². The smallest absolute Gasteiger partial charge is 0.246 e. The number of carbonyl (C=O) groups excluding carboxylic acids is 3. The summed E-state index contributed by atoms with van der Waals surface area (Å²) in [4.78, 5) is 40.5. The zero-order chi connectivity index (χ0) is 22.5. The van der Waals surface area contributed by atoms with Gasteiger partial charge in [0.2, 0.25) is 17.7 Å². The van der Waals surface area contributed by atoms with Crippen LogP contribution in [0.25, 0.3) is 0 Å². The van der Waals surface area contributed by atoms with Gasteiger partial charge >= 0.3 is 0 Å². The molecule has 0 spiro atoms. The molecule has 0 radical (unpaired) electrons. The summed E-state index contributed by atoms with van der Waals surface area (Å²) in [6.45, 7) is 9.95. The molecule has 7 nitrogen and oxygen atoms in total. The van der Waals surface area contributed by atoms with E-state index >= 15 is 0 Å². The summed E-state index contributed by atoms with van der Waals surface area (Å²) in [5.41, 5.74) is 0.531. The normalized spacial score (nSPS) is 19.7. The lowest BCUT2D eigenvalue weighted by Crippen LogP contribution is -2.59. The highest BCUT2D eigenvalue weighted by Crippen LogP contribution is 2.26. The zero-order valence-electron chi connectivity index (χ0n) is 19.0. The molecule has 0 aromatic heterocycles. The van der Waals surface area contributed by atoms with E-state index in [9.17, 15) is 14.4 Å². The largest absolute Gasteiger partial charge is 0.348 e. The van der Waals surface area contributed by atoms with Gasteiger partial charge in [-0.05, 0) is 44.7 Å². The molecule has 4 atom stereocenters. The Labute approximate surface area is 180 Å². The summed E-state index contributed by atoms with van der Waals surface area (Å²) in [6, 6.07) is 7.96. The molecule has 1 aromatic carbocycles. The zero-order valence-corrected chi connectivity index (χ0v) is 19.0. The maximum absolute atomic E-state index is 13.4. The summed E-state index contributed by atoms with van der Waals surface area (Å²) < 4.78 is 0. The molecule has 7 heteroatoms. The number of nitrogens with zero attached hydrogens (tertiary/aromatic N) is 1. The van der Waals surface area contributed by atoms with Crippen LogP contribution in [0.2, 0.25) is 0 Å². The van der Waals surface area contributed by atoms with Crippen LogP contribution in [0.15, 0.2) is 30.3 Å². The summed E-state index contributed by atoms with van der Waals surface area (Å²) in [6.07, 6.45) is 1.39. The van der Waals surface area contributed by atoms with Crippen molar-refractivity contribution in [1.82, 2.24) is 20.9 Å². The van der Waals surface area contributed by atoms with E-state index in [4.69, 9.17) is 0 Å². The molecule has 4 unspecified atom stereocenters. The second-order valence-corrected chi connectivity index (χ2v) is 9.15. The van der Waals surface area contributed by atoms with Crippen LogP contribution in [0.1, 0.15) is 59.1 Å². The highest BCUT2D eigenvalue weighted by molar-refractivity contribution is 5.94. The Balaban J connectivity index is 2.13. The van der Waals surface area contributed by atoms with Crippen LogP contribution in [0.3, 0.4) is 0 Å². The first-order valence-electron chi connectivity index (χ1n) is 10.7. The molecular weight excluding hydrogens is 380 g/mol. The monoisotopic (exact) mass is 416 g/mol. The van der Waals surface area contributed by atoms with Crippen molar-refractivity contribution >= 4 is 17.7 Å². The SMILES string of the molecule is CNC(C)C(=O)NC(C(=O)N1CCCC1C(=O)NC(C)c1ccccc1)C(C)(C)C. The van der Waals surface area contributed by atoms with Gasteiger partial charge in [0.05, 0.1) is 12.1 Å². The summed E-state index contributed by atoms with van der Waals surface area (Å²) in [5, 5.41) is 8.82. The number of nitrogens with one attached hydrogen (secondary N) is 3. The predicted octanol–water partition coefficient (Wildman–Crippen LogP) is 1.99. The molecule has 1 heterocycles. The molecule has 2 rings (SSSR count). The maximum atomic E-state index is 13.4. The molecule has 0 bridgehead atoms. The lowest BCUT2D eigenvalue weighted by molar-refractivity contribution is -0.144. The van der Waals surface area contributed by atoms with Gasteiger partial charge in [-0.3, -0.25) is 14.4 Å². The molecular formula is C23H36N4O3. The van der Waals surface area contributed by atoms with E-state index in [1.807, 2.05) is 58.0 Å². The van der Waals surface area contributed by atoms with E-state index in [2.05, 4.69) is 16.0 Å². The minimum Gasteiger partial charge on any atom is -0.348 e. The average Bonchev–Trinajstić information content (AvgIpc) is 3.20. The van der Waals surface area contributed by atoms with Crippen LogP contribution >= 0.6 is 0 Å². The van der Waals surface area contributed by atoms with Crippen molar-refractivity contribution in [3.63, 3.8) is 0 Å². The number of likely N-dealkylation sites (tertiary alicyclic amines) is 1. The Morgan fingerprint density at radius 1 is 1.07 bits per heavy atom. The van der Waals surface area contributed by atoms with Crippen molar-refractivity contribution < 1.29 is 14.4 Å². The standard InChI is InChI=1S/C23H36N4O3/c1-15(17-11-8-7-9-12-17)25-21(29)18-13-10-14-27(18)22(30)19(23(3,4)5)26-20(28)16(2)24-6/h7-9,11-12,15-16,18-19,24H,10,13-14H2,1-6H3,(H,25,29)(H,26,28). The summed E-state index contributed by atoms with van der Waals surface area (Å²) in [5.74, 6) is -0.590. The fourth-order valence-corrected chi connectivity index (χ4v) is 3.65. The van der Waals surface area contributed by atoms with E-state index in [1.165, 1.54) is 0 Å². The third-order valence-electron chi connectivity index (χ3n) is 5.72. The minimum atomic E-state index is -0.708. The molecule has 1 aromatic rings. The highest BCUT2D eigenvalue weighted by Gasteiger charge is 2.42. The van der Waals surface area contributed by atoms with Gasteiger partial charge in [-0.15, -0.1) is 0 Å². The summed E-state index contributed by atoms with van der Waals surface area (Å²) in [7, 11) is 1.70. The van der Waals surface area contributed by atoms with Crippen LogP contribution in [0.4, 0.5) is 0 Å². The van der Waals surface area contributed by atoms with Gasteiger partial charge in [0.1, 0.15) is 12.1 Å². The van der Waals surface area contributed by atoms with Crippen LogP contribution < -0.4 is 16.0 Å². The Bertz CT molecular complexity index is 745. The van der Waals surface area contributed by atoms with Gasteiger partial charge in [0, 0.05) is 6.54 Å². The van der Waals surface area contributed by atoms with Crippen LogP contribution in [-0.2, 0) is 14.4 Å². The Morgan fingerprint density at radius 2 is 1.70 bits per heavy atom. The molecule has 1 fully saturated rings. The number of benzene rings is 1. The van der Waals surface area contributed by atoms with E-state index in [0.717, 1.165) is 12.0 Å². The molecule has 1 aliphatic heterocycles. The fourth-order valence-electron chi connectivity index (χ4n) is 3.65. The quantitative estimate of drug-likeness (QED) is 0.634. The first-order chi connectivity index (χ1) is 14.1. The summed E-state index contributed by atoms with van der Waals surface area (Å²) >= 11 is 0. The van der Waals surface area contributed by atoms with Gasteiger partial charge in [-0.1, -0.05) is 51.1 Å². The van der Waals surface area contributed by atoms with Crippen LogP contribution in [-0.4, -0.2) is 54.3 Å². The average molecular weight is 417 g/mol. The third kappa shape index (κ3) is 5.81. The van der Waals surface area contributed by atoms with E-state index in [0.29, 0.717) is 13.0 Å². The van der Waals surface area contributed by atoms with Crippen molar-refractivity contribution in [3.8, 4) is 0 Å². The molecule has 30 heavy (non-hydrogen) atoms. The lowest BCUT2D eigenvalue weighted by atomic mass is 9.85. The van der Waals surface area contributed by atoms with Gasteiger partial charge < -0.3 is 20.9 Å². The first-order valence-corrected chi connectivity index (χ1v) is 10.7. The minimum absolute atomic E-state index is 0.147. The van der Waals surface area contributed by atoms with Crippen LogP contribution in [0, 0.1) is 5.41 Å². The molecule has 1 saturated heterocycles. The van der Waals surface area contributed by atoms with Gasteiger partial charge in [-0.25, -0.2) is 0 Å². The molecule has 166 valence electrons. The molecule has 1 aliphatic rings. The Kier molecular flexibility index (Phi) is 8.01. The number of carbonyl (C=O) groups is 3. The lowest BCUT2D eigenvalue weighted by Gasteiger charge is -2.36. The number of amides is 3. The van der Waals surface area contributed by atoms with Crippen molar-refractivity contribution in [1.29, 1.82) is 0 Å². The van der Waals surface area contributed by atoms with Gasteiger partial charge in [0.25, 0.3) is 0 Å². The predicted molar refractivity (Wildman–Crippen MR) is 118 cm³/mol. The Hall–Kier alpha value is -2.41. The van der Waals surface area contributed by atoms with Crippen molar-refractivity contribution in [2.75, 3.05) is 13.6 Å². The van der Waals surface area contributed by atoms with Gasteiger partial charge in [0.15, 0.2) is 0 Å². The van der Waals surface area contributed by atoms with Crippen molar-refractivity contribution in [2.24, 2.45) is 5.41 Å². The van der Waals surface area contributed by atoms with Gasteiger partial charge in [-0.2, -0.15) is 0 Å². The number of rotatable bonds is 7.